The quantitative estimate of drug-likeness (QED) is 0.445. The smallest absolute Gasteiger partial charge is 0.222 e. The summed E-state index contributed by atoms with van der Waals surface area (Å²) in [5.41, 5.74) is 5.07. The lowest BCUT2D eigenvalue weighted by molar-refractivity contribution is -0.130. The first-order valence-corrected chi connectivity index (χ1v) is 11.2. The van der Waals surface area contributed by atoms with Crippen molar-refractivity contribution in [2.45, 2.75) is 32.1 Å². The van der Waals surface area contributed by atoms with Gasteiger partial charge in [0.05, 0.1) is 11.4 Å². The highest BCUT2D eigenvalue weighted by molar-refractivity contribution is 6.30. The van der Waals surface area contributed by atoms with Crippen LogP contribution in [0.3, 0.4) is 0 Å². The molecule has 0 radical (unpaired) electrons. The fourth-order valence-corrected chi connectivity index (χ4v) is 4.13. The van der Waals surface area contributed by atoms with Crippen molar-refractivity contribution in [2.24, 2.45) is 0 Å². The molecule has 154 valence electrons. The van der Waals surface area contributed by atoms with Gasteiger partial charge in [0.25, 0.3) is 0 Å². The minimum atomic E-state index is 0.259. The zero-order valence-electron chi connectivity index (χ0n) is 16.8. The van der Waals surface area contributed by atoms with Gasteiger partial charge >= 0.3 is 0 Å². The van der Waals surface area contributed by atoms with Gasteiger partial charge < -0.3 is 4.90 Å². The molecule has 30 heavy (non-hydrogen) atoms. The van der Waals surface area contributed by atoms with Crippen LogP contribution in [0.2, 0.25) is 10.0 Å². The predicted molar refractivity (Wildman–Crippen MR) is 124 cm³/mol. The van der Waals surface area contributed by atoms with Crippen LogP contribution in [0.1, 0.15) is 31.4 Å². The number of likely N-dealkylation sites (tertiary alicyclic amines) is 1. The number of rotatable bonds is 5. The summed E-state index contributed by atoms with van der Waals surface area (Å²) in [6.07, 6.45) is 4.57. The molecule has 3 nitrogen and oxygen atoms in total. The van der Waals surface area contributed by atoms with Crippen molar-refractivity contribution >= 4 is 29.1 Å². The Morgan fingerprint density at radius 2 is 1.47 bits per heavy atom. The second-order valence-electron chi connectivity index (χ2n) is 7.65. The van der Waals surface area contributed by atoms with Crippen molar-refractivity contribution in [2.75, 3.05) is 13.1 Å². The fourth-order valence-electron chi connectivity index (χ4n) is 3.88. The van der Waals surface area contributed by atoms with Gasteiger partial charge in [-0.25, -0.2) is 0 Å². The Kier molecular flexibility index (Phi) is 6.71. The maximum absolute atomic E-state index is 12.4. The normalized spacial score (nSPS) is 14.6. The Labute approximate surface area is 187 Å². The molecule has 3 aromatic rings. The van der Waals surface area contributed by atoms with E-state index in [2.05, 4.69) is 6.07 Å². The number of amides is 1. The summed E-state index contributed by atoms with van der Waals surface area (Å²) in [5.74, 6) is 0.259. The van der Waals surface area contributed by atoms with Gasteiger partial charge in [-0.15, -0.1) is 0 Å². The van der Waals surface area contributed by atoms with Gasteiger partial charge in [-0.2, -0.15) is 0 Å². The standard InChI is InChI=1S/C25H24Cl2N2O/c26-20-9-5-18(6-10-20)22-13-14-23(19-7-11-21(27)12-8-19)28-24(22)15-17-29-16-3-1-2-4-25(29)30/h5-14H,1-4,15-17H2. The molecular formula is C25H24Cl2N2O. The van der Waals surface area contributed by atoms with Crippen LogP contribution in [0.4, 0.5) is 0 Å². The third kappa shape index (κ3) is 5.03. The number of carbonyl (C=O) groups excluding carboxylic acids is 1. The Bertz CT molecular complexity index is 1020. The topological polar surface area (TPSA) is 33.2 Å². The van der Waals surface area contributed by atoms with Gasteiger partial charge in [0, 0.05) is 47.1 Å². The van der Waals surface area contributed by atoms with Gasteiger partial charge in [-0.3, -0.25) is 9.78 Å². The van der Waals surface area contributed by atoms with E-state index in [1.54, 1.807) is 0 Å². The molecule has 1 aliphatic heterocycles. The number of halogens is 2. The SMILES string of the molecule is O=C1CCCCCN1CCc1nc(-c2ccc(Cl)cc2)ccc1-c1ccc(Cl)cc1. The molecule has 1 fully saturated rings. The summed E-state index contributed by atoms with van der Waals surface area (Å²) in [6, 6.07) is 19.7. The molecule has 1 amide bonds. The number of aromatic nitrogens is 1. The lowest BCUT2D eigenvalue weighted by Gasteiger charge is -2.21. The zero-order chi connectivity index (χ0) is 20.9. The van der Waals surface area contributed by atoms with E-state index in [9.17, 15) is 4.79 Å². The molecule has 0 atom stereocenters. The van der Waals surface area contributed by atoms with Crippen LogP contribution in [-0.4, -0.2) is 28.9 Å². The number of carbonyl (C=O) groups is 1. The molecule has 4 rings (SSSR count). The molecule has 0 N–H and O–H groups in total. The average molecular weight is 439 g/mol. The van der Waals surface area contributed by atoms with Crippen molar-refractivity contribution in [1.29, 1.82) is 0 Å². The van der Waals surface area contributed by atoms with Crippen LogP contribution in [0.5, 0.6) is 0 Å². The highest BCUT2D eigenvalue weighted by atomic mass is 35.5. The first kappa shape index (κ1) is 20.9. The molecule has 2 heterocycles. The third-order valence-electron chi connectivity index (χ3n) is 5.56. The van der Waals surface area contributed by atoms with Gasteiger partial charge in [0.1, 0.15) is 0 Å². The highest BCUT2D eigenvalue weighted by Crippen LogP contribution is 2.29. The largest absolute Gasteiger partial charge is 0.342 e. The summed E-state index contributed by atoms with van der Waals surface area (Å²) < 4.78 is 0. The molecule has 1 aromatic heterocycles. The van der Waals surface area contributed by atoms with Crippen LogP contribution in [-0.2, 0) is 11.2 Å². The second kappa shape index (κ2) is 9.63. The van der Waals surface area contributed by atoms with Gasteiger partial charge in [-0.05, 0) is 48.7 Å². The Morgan fingerprint density at radius 3 is 2.17 bits per heavy atom. The summed E-state index contributed by atoms with van der Waals surface area (Å²) in [5, 5.41) is 1.41. The number of hydrogen-bond acceptors (Lipinski definition) is 2. The van der Waals surface area contributed by atoms with Crippen LogP contribution >= 0.6 is 23.2 Å². The fraction of sp³-hybridized carbons (Fsp3) is 0.280. The zero-order valence-corrected chi connectivity index (χ0v) is 18.3. The molecule has 1 aliphatic rings. The minimum Gasteiger partial charge on any atom is -0.342 e. The summed E-state index contributed by atoms with van der Waals surface area (Å²) in [7, 11) is 0. The summed E-state index contributed by atoms with van der Waals surface area (Å²) in [4.78, 5) is 19.4. The van der Waals surface area contributed by atoms with E-state index in [1.165, 1.54) is 0 Å². The van der Waals surface area contributed by atoms with Crippen molar-refractivity contribution in [3.63, 3.8) is 0 Å². The summed E-state index contributed by atoms with van der Waals surface area (Å²) >= 11 is 12.1. The Balaban J connectivity index is 1.66. The number of nitrogens with zero attached hydrogens (tertiary/aromatic N) is 2. The molecule has 0 saturated carbocycles. The summed E-state index contributed by atoms with van der Waals surface area (Å²) in [6.45, 7) is 1.53. The predicted octanol–water partition coefficient (Wildman–Crippen LogP) is 6.67. The van der Waals surface area contributed by atoms with Gasteiger partial charge in [0.15, 0.2) is 0 Å². The maximum atomic E-state index is 12.4. The van der Waals surface area contributed by atoms with Crippen molar-refractivity contribution < 1.29 is 4.79 Å². The first-order chi connectivity index (χ1) is 14.6. The number of hydrogen-bond donors (Lipinski definition) is 0. The van der Waals surface area contributed by atoms with E-state index < -0.39 is 0 Å². The van der Waals surface area contributed by atoms with Crippen LogP contribution in [0.15, 0.2) is 60.7 Å². The molecular weight excluding hydrogens is 415 g/mol. The minimum absolute atomic E-state index is 0.259. The van der Waals surface area contributed by atoms with Crippen LogP contribution < -0.4 is 0 Å². The molecule has 0 unspecified atom stereocenters. The van der Waals surface area contributed by atoms with Gasteiger partial charge in [-0.1, -0.05) is 60.0 Å². The van der Waals surface area contributed by atoms with E-state index >= 15 is 0 Å². The van der Waals surface area contributed by atoms with E-state index in [0.717, 1.165) is 53.9 Å². The van der Waals surface area contributed by atoms with Crippen molar-refractivity contribution in [3.8, 4) is 22.4 Å². The van der Waals surface area contributed by atoms with Crippen LogP contribution in [0, 0.1) is 0 Å². The van der Waals surface area contributed by atoms with Crippen molar-refractivity contribution in [1.82, 2.24) is 9.88 Å². The highest BCUT2D eigenvalue weighted by Gasteiger charge is 2.18. The Morgan fingerprint density at radius 1 is 0.800 bits per heavy atom. The molecule has 2 aromatic carbocycles. The monoisotopic (exact) mass is 438 g/mol. The van der Waals surface area contributed by atoms with E-state index in [1.807, 2.05) is 59.5 Å². The second-order valence-corrected chi connectivity index (χ2v) is 8.52. The average Bonchev–Trinajstić information content (AvgIpc) is 2.97. The van der Waals surface area contributed by atoms with E-state index in [0.29, 0.717) is 29.4 Å². The molecule has 0 spiro atoms. The molecule has 0 bridgehead atoms. The molecule has 1 saturated heterocycles. The van der Waals surface area contributed by atoms with Crippen LogP contribution in [0.25, 0.3) is 22.4 Å². The number of benzene rings is 2. The third-order valence-corrected chi connectivity index (χ3v) is 6.06. The molecule has 0 aliphatic carbocycles. The van der Waals surface area contributed by atoms with E-state index in [4.69, 9.17) is 28.2 Å². The first-order valence-electron chi connectivity index (χ1n) is 10.4. The number of pyridine rings is 1. The lowest BCUT2D eigenvalue weighted by Crippen LogP contribution is -2.32. The maximum Gasteiger partial charge on any atom is 0.222 e. The van der Waals surface area contributed by atoms with Crippen molar-refractivity contribution in [3.05, 3.63) is 76.4 Å². The van der Waals surface area contributed by atoms with Gasteiger partial charge in [0.2, 0.25) is 5.91 Å². The van der Waals surface area contributed by atoms with E-state index in [-0.39, 0.29) is 5.91 Å². The lowest BCUT2D eigenvalue weighted by atomic mass is 10.00. The molecule has 5 heteroatoms. The Hall–Kier alpha value is -2.36.